The molecule has 0 bridgehead atoms. The van der Waals surface area contributed by atoms with Crippen LogP contribution in [0.5, 0.6) is 17.4 Å². The Balaban J connectivity index is 1.72. The van der Waals surface area contributed by atoms with Crippen molar-refractivity contribution in [2.45, 2.75) is 90.6 Å². The topological polar surface area (TPSA) is 132 Å². The van der Waals surface area contributed by atoms with Gasteiger partial charge in [-0.1, -0.05) is 75.7 Å². The molecule has 0 aliphatic heterocycles. The van der Waals surface area contributed by atoms with Crippen LogP contribution in [-0.2, 0) is 11.2 Å². The van der Waals surface area contributed by atoms with Crippen molar-refractivity contribution < 1.29 is 38.4 Å². The number of phenolic OH excluding ortho intramolecular Hbond substituents is 1. The van der Waals surface area contributed by atoms with Crippen molar-refractivity contribution in [1.82, 2.24) is 0 Å². The molecule has 2 aromatic rings. The third kappa shape index (κ3) is 9.74. The van der Waals surface area contributed by atoms with Crippen LogP contribution < -0.4 is 25.5 Å². The van der Waals surface area contributed by atoms with Crippen LogP contribution in [0, 0.1) is 0 Å². The van der Waals surface area contributed by atoms with Gasteiger partial charge >= 0.3 is 12.1 Å². The summed E-state index contributed by atoms with van der Waals surface area (Å²) in [6.45, 7) is 5.90. The number of hydrogen-bond acceptors (Lipinski definition) is 10. The zero-order valence-electron chi connectivity index (χ0n) is 27.0. The van der Waals surface area contributed by atoms with Crippen molar-refractivity contribution in [2.75, 3.05) is 13.7 Å². The van der Waals surface area contributed by atoms with Crippen LogP contribution in [-0.4, -0.2) is 46.8 Å². The molecule has 248 valence electrons. The lowest BCUT2D eigenvalue weighted by molar-refractivity contribution is 0.101. The van der Waals surface area contributed by atoms with Crippen molar-refractivity contribution in [3.63, 3.8) is 0 Å². The highest BCUT2D eigenvalue weighted by atomic mass is 32.1. The summed E-state index contributed by atoms with van der Waals surface area (Å²) in [5.41, 5.74) is 0.792. The highest BCUT2D eigenvalue weighted by Gasteiger charge is 2.29. The van der Waals surface area contributed by atoms with E-state index < -0.39 is 23.6 Å². The fourth-order valence-electron chi connectivity index (χ4n) is 5.19. The summed E-state index contributed by atoms with van der Waals surface area (Å²) in [7, 11) is 1.15. The van der Waals surface area contributed by atoms with Gasteiger partial charge in [0.1, 0.15) is 16.9 Å². The summed E-state index contributed by atoms with van der Waals surface area (Å²) >= 11 is 5.26. The quantitative estimate of drug-likeness (QED) is 0.0692. The summed E-state index contributed by atoms with van der Waals surface area (Å²) in [5, 5.41) is 22.0. The second kappa shape index (κ2) is 18.2. The van der Waals surface area contributed by atoms with Crippen LogP contribution in [0.3, 0.4) is 0 Å². The minimum Gasteiger partial charge on any atom is -0.507 e. The van der Waals surface area contributed by atoms with Gasteiger partial charge in [-0.05, 0) is 57.2 Å². The fourth-order valence-corrected chi connectivity index (χ4v) is 5.38. The van der Waals surface area contributed by atoms with E-state index >= 15 is 0 Å². The second-order valence-corrected chi connectivity index (χ2v) is 11.6. The normalized spacial score (nSPS) is 14.0. The summed E-state index contributed by atoms with van der Waals surface area (Å²) in [4.78, 5) is 38.1. The largest absolute Gasteiger partial charge is 0.516 e. The van der Waals surface area contributed by atoms with Gasteiger partial charge in [-0.15, -0.1) is 0 Å². The fraction of sp³-hybridized carbons (Fsp3) is 0.444. The van der Waals surface area contributed by atoms with Gasteiger partial charge in [0, 0.05) is 22.8 Å². The van der Waals surface area contributed by atoms with Crippen LogP contribution in [0.25, 0.3) is 12.2 Å². The van der Waals surface area contributed by atoms with Gasteiger partial charge in [0.05, 0.1) is 36.2 Å². The number of thiocarbonyl (C=S) groups is 1. The standard InChI is InChI=1S/C36H44O9S/c1-5-7-16-29(38)26(32-34(40)28-18-17-24(46)22-31(28)44-35(32)45-36(41)42-4)15-12-10-8-9-11-13-21-43-30-20-19-25(23(3)37)33(39)27(30)14-6-2/h8,10,12,15,18-20,22,26,29,38-39H,5-7,9,11,13-14,16-17,21H2,1-4H3/b10-8-,15-12+/t26-,29-/m0/s1. The number of hydrogen-bond donors (Lipinski definition) is 2. The van der Waals surface area contributed by atoms with Gasteiger partial charge < -0.3 is 28.8 Å². The van der Waals surface area contributed by atoms with Crippen LogP contribution in [0.2, 0.25) is 0 Å². The van der Waals surface area contributed by atoms with Gasteiger partial charge in [-0.2, -0.15) is 0 Å². The number of ketones is 1. The van der Waals surface area contributed by atoms with E-state index in [-0.39, 0.29) is 28.5 Å². The van der Waals surface area contributed by atoms with E-state index in [1.807, 2.05) is 26.0 Å². The third-order valence-electron chi connectivity index (χ3n) is 7.63. The van der Waals surface area contributed by atoms with Crippen LogP contribution in [0.4, 0.5) is 4.79 Å². The van der Waals surface area contributed by atoms with Crippen LogP contribution in [0.15, 0.2) is 45.6 Å². The molecular formula is C36H44O9S. The molecule has 2 atom stereocenters. The number of benzene rings is 1. The molecule has 1 aliphatic rings. The first-order valence-electron chi connectivity index (χ1n) is 15.8. The number of aliphatic hydroxyl groups is 1. The Morgan fingerprint density at radius 2 is 1.91 bits per heavy atom. The first-order valence-corrected chi connectivity index (χ1v) is 16.2. The van der Waals surface area contributed by atoms with Gasteiger partial charge in [-0.3, -0.25) is 9.59 Å². The van der Waals surface area contributed by atoms with Crippen LogP contribution >= 0.6 is 12.2 Å². The first-order chi connectivity index (χ1) is 22.1. The maximum absolute atomic E-state index is 13.7. The number of Topliss-reactive ketones (excluding diaryl/α,β-unsaturated/α-hetero) is 1. The Morgan fingerprint density at radius 1 is 1.13 bits per heavy atom. The summed E-state index contributed by atoms with van der Waals surface area (Å²) in [5.74, 6) is -0.734. The molecule has 1 heterocycles. The molecule has 0 fully saturated rings. The second-order valence-electron chi connectivity index (χ2n) is 11.1. The van der Waals surface area contributed by atoms with E-state index in [0.29, 0.717) is 52.8 Å². The molecular weight excluding hydrogens is 608 g/mol. The minimum atomic E-state index is -1.05. The van der Waals surface area contributed by atoms with Crippen LogP contribution in [0.1, 0.15) is 99.5 Å². The number of phenols is 1. The Kier molecular flexibility index (Phi) is 14.4. The minimum absolute atomic E-state index is 0.00241. The molecule has 2 N–H and O–H groups in total. The van der Waals surface area contributed by atoms with Crippen molar-refractivity contribution in [3.8, 4) is 17.4 Å². The van der Waals surface area contributed by atoms with E-state index in [0.717, 1.165) is 45.6 Å². The molecule has 0 spiro atoms. The zero-order chi connectivity index (χ0) is 33.6. The van der Waals surface area contributed by atoms with E-state index in [1.54, 1.807) is 36.4 Å². The molecule has 1 aromatic heterocycles. The molecule has 1 aromatic carbocycles. The number of ether oxygens (including phenoxy) is 3. The van der Waals surface area contributed by atoms with E-state index in [9.17, 15) is 24.6 Å². The Bertz CT molecular complexity index is 1630. The highest BCUT2D eigenvalue weighted by Crippen LogP contribution is 2.33. The Morgan fingerprint density at radius 3 is 2.61 bits per heavy atom. The number of methoxy groups -OCH3 is 1. The van der Waals surface area contributed by atoms with Gasteiger partial charge in [0.15, 0.2) is 11.2 Å². The van der Waals surface area contributed by atoms with Gasteiger partial charge in [0.25, 0.3) is 0 Å². The number of unbranched alkanes of at least 4 members (excludes halogenated alkanes) is 3. The van der Waals surface area contributed by atoms with E-state index in [4.69, 9.17) is 26.1 Å². The van der Waals surface area contributed by atoms with Gasteiger partial charge in [0.2, 0.25) is 0 Å². The third-order valence-corrected chi connectivity index (χ3v) is 7.91. The van der Waals surface area contributed by atoms with E-state index in [1.165, 1.54) is 6.92 Å². The SMILES string of the molecule is CCCC[C@H](O)[C@H](/C=C/C=C\CCCCOc1ccc(C(C)=O)c(O)c1CCC)c1c(OC(=O)OC)oc2c(c1=O)=CCC(=S)C=2. The number of rotatable bonds is 17. The number of carbonyl (C=O) groups excluding carboxylic acids is 2. The molecule has 10 heteroatoms. The van der Waals surface area contributed by atoms with Crippen molar-refractivity contribution >= 4 is 41.2 Å². The monoisotopic (exact) mass is 652 g/mol. The molecule has 0 amide bonds. The average Bonchev–Trinajstić information content (AvgIpc) is 3.02. The first kappa shape index (κ1) is 36.4. The number of aliphatic hydroxyl groups excluding tert-OH is 1. The molecule has 0 saturated carbocycles. The predicted molar refractivity (Wildman–Crippen MR) is 181 cm³/mol. The lowest BCUT2D eigenvalue weighted by atomic mass is 9.89. The number of fused-ring (bicyclic) bond motifs is 1. The molecule has 46 heavy (non-hydrogen) atoms. The molecule has 0 radical (unpaired) electrons. The lowest BCUT2D eigenvalue weighted by Gasteiger charge is -2.21. The average molecular weight is 653 g/mol. The smallest absolute Gasteiger partial charge is 0.507 e. The summed E-state index contributed by atoms with van der Waals surface area (Å²) in [6, 6.07) is 3.34. The maximum atomic E-state index is 13.7. The highest BCUT2D eigenvalue weighted by molar-refractivity contribution is 7.81. The number of allylic oxidation sites excluding steroid dienone is 3. The molecule has 9 nitrogen and oxygen atoms in total. The Hall–Kier alpha value is -4.02. The van der Waals surface area contributed by atoms with Crippen molar-refractivity contribution in [3.05, 3.63) is 74.0 Å². The van der Waals surface area contributed by atoms with Crippen molar-refractivity contribution in [1.29, 1.82) is 0 Å². The van der Waals surface area contributed by atoms with Gasteiger partial charge in [-0.25, -0.2) is 4.79 Å². The maximum Gasteiger partial charge on any atom is 0.516 e. The summed E-state index contributed by atoms with van der Waals surface area (Å²) < 4.78 is 21.7. The number of aromatic hydroxyl groups is 1. The predicted octanol–water partition coefficient (Wildman–Crippen LogP) is 5.98. The van der Waals surface area contributed by atoms with E-state index in [2.05, 4.69) is 4.74 Å². The molecule has 3 rings (SSSR count). The van der Waals surface area contributed by atoms with Crippen molar-refractivity contribution in [2.24, 2.45) is 0 Å². The number of carbonyl (C=O) groups is 2. The lowest BCUT2D eigenvalue weighted by Crippen LogP contribution is -2.44. The summed E-state index contributed by atoms with van der Waals surface area (Å²) in [6.07, 6.45) is 14.8. The Labute approximate surface area is 274 Å². The molecule has 0 unspecified atom stereocenters. The molecule has 1 aliphatic carbocycles. The molecule has 0 saturated heterocycles. The zero-order valence-corrected chi connectivity index (χ0v) is 27.8.